The van der Waals surface area contributed by atoms with Gasteiger partial charge in [0.1, 0.15) is 0 Å². The fourth-order valence-corrected chi connectivity index (χ4v) is 2.68. The molecule has 0 saturated heterocycles. The van der Waals surface area contributed by atoms with Crippen LogP contribution < -0.4 is 0 Å². The van der Waals surface area contributed by atoms with Crippen molar-refractivity contribution in [3.05, 3.63) is 83.4 Å². The zero-order valence-electron chi connectivity index (χ0n) is 15.9. The van der Waals surface area contributed by atoms with E-state index in [9.17, 15) is 4.79 Å². The van der Waals surface area contributed by atoms with E-state index in [4.69, 9.17) is 9.47 Å². The summed E-state index contributed by atoms with van der Waals surface area (Å²) in [5.74, 6) is 0.147. The summed E-state index contributed by atoms with van der Waals surface area (Å²) in [7, 11) is 0. The lowest BCUT2D eigenvalue weighted by Crippen LogP contribution is -2.12. The second kappa shape index (κ2) is 9.93. The standard InChI is InChI=1S/C23H28O3/c1-5-25-23(24)18(4)15-22(21-9-7-6-8-10-21)26-16-19-11-13-20(14-12-19)17(2)3/h6-14,17,22H,4-5,15-16H2,1-3H3. The molecule has 0 amide bonds. The molecule has 3 nitrogen and oxygen atoms in total. The van der Waals surface area contributed by atoms with Gasteiger partial charge in [0, 0.05) is 12.0 Å². The van der Waals surface area contributed by atoms with E-state index in [2.05, 4.69) is 44.7 Å². The van der Waals surface area contributed by atoms with Crippen molar-refractivity contribution in [1.82, 2.24) is 0 Å². The molecular formula is C23H28O3. The Bertz CT molecular complexity index is 702. The third-order valence-electron chi connectivity index (χ3n) is 4.26. The van der Waals surface area contributed by atoms with Crippen LogP contribution in [0.2, 0.25) is 0 Å². The summed E-state index contributed by atoms with van der Waals surface area (Å²) in [4.78, 5) is 11.9. The van der Waals surface area contributed by atoms with Gasteiger partial charge in [-0.2, -0.15) is 0 Å². The van der Waals surface area contributed by atoms with Crippen LogP contribution in [0, 0.1) is 0 Å². The predicted molar refractivity (Wildman–Crippen MR) is 105 cm³/mol. The van der Waals surface area contributed by atoms with Gasteiger partial charge < -0.3 is 9.47 Å². The zero-order valence-corrected chi connectivity index (χ0v) is 15.9. The average Bonchev–Trinajstić information content (AvgIpc) is 2.66. The lowest BCUT2D eigenvalue weighted by Gasteiger charge is -2.19. The van der Waals surface area contributed by atoms with Crippen LogP contribution in [0.3, 0.4) is 0 Å². The Kier molecular flexibility index (Phi) is 7.61. The molecule has 0 aliphatic rings. The van der Waals surface area contributed by atoms with Crippen molar-refractivity contribution in [2.45, 2.75) is 45.8 Å². The zero-order chi connectivity index (χ0) is 18.9. The van der Waals surface area contributed by atoms with E-state index in [1.165, 1.54) is 5.56 Å². The molecule has 0 bridgehead atoms. The van der Waals surface area contributed by atoms with Gasteiger partial charge in [-0.15, -0.1) is 0 Å². The van der Waals surface area contributed by atoms with Crippen molar-refractivity contribution in [2.24, 2.45) is 0 Å². The van der Waals surface area contributed by atoms with Crippen LogP contribution in [0.15, 0.2) is 66.7 Å². The summed E-state index contributed by atoms with van der Waals surface area (Å²) in [6.45, 7) is 10.8. The van der Waals surface area contributed by atoms with Gasteiger partial charge in [-0.25, -0.2) is 4.79 Å². The molecule has 0 aliphatic heterocycles. The minimum absolute atomic E-state index is 0.238. The predicted octanol–water partition coefficient (Wildman–Crippen LogP) is 5.58. The van der Waals surface area contributed by atoms with Crippen molar-refractivity contribution >= 4 is 5.97 Å². The number of esters is 1. The number of rotatable bonds is 9. The van der Waals surface area contributed by atoms with Crippen LogP contribution in [0.4, 0.5) is 0 Å². The van der Waals surface area contributed by atoms with Crippen LogP contribution in [0.5, 0.6) is 0 Å². The number of carbonyl (C=O) groups excluding carboxylic acids is 1. The molecule has 2 rings (SSSR count). The number of ether oxygens (including phenoxy) is 2. The van der Waals surface area contributed by atoms with Gasteiger partial charge in [0.15, 0.2) is 0 Å². The summed E-state index contributed by atoms with van der Waals surface area (Å²) in [6, 6.07) is 18.4. The van der Waals surface area contributed by atoms with Gasteiger partial charge in [-0.05, 0) is 29.5 Å². The first-order valence-corrected chi connectivity index (χ1v) is 9.11. The lowest BCUT2D eigenvalue weighted by molar-refractivity contribution is -0.139. The van der Waals surface area contributed by atoms with Gasteiger partial charge in [-0.1, -0.05) is 75.0 Å². The maximum Gasteiger partial charge on any atom is 0.333 e. The van der Waals surface area contributed by atoms with E-state index in [-0.39, 0.29) is 12.1 Å². The maximum absolute atomic E-state index is 11.9. The topological polar surface area (TPSA) is 35.5 Å². The van der Waals surface area contributed by atoms with Crippen LogP contribution in [0.25, 0.3) is 0 Å². The smallest absolute Gasteiger partial charge is 0.333 e. The molecule has 0 radical (unpaired) electrons. The molecule has 2 aromatic rings. The summed E-state index contributed by atoms with van der Waals surface area (Å²) >= 11 is 0. The summed E-state index contributed by atoms with van der Waals surface area (Å²) < 4.78 is 11.2. The Balaban J connectivity index is 2.06. The van der Waals surface area contributed by atoms with Crippen LogP contribution in [-0.4, -0.2) is 12.6 Å². The summed E-state index contributed by atoms with van der Waals surface area (Å²) in [5, 5.41) is 0. The molecule has 0 saturated carbocycles. The van der Waals surface area contributed by atoms with Gasteiger partial charge in [0.2, 0.25) is 0 Å². The Morgan fingerprint density at radius 2 is 1.65 bits per heavy atom. The molecule has 0 heterocycles. The van der Waals surface area contributed by atoms with Gasteiger partial charge in [0.25, 0.3) is 0 Å². The highest BCUT2D eigenvalue weighted by molar-refractivity contribution is 5.87. The highest BCUT2D eigenvalue weighted by atomic mass is 16.5. The van der Waals surface area contributed by atoms with Crippen molar-refractivity contribution < 1.29 is 14.3 Å². The Morgan fingerprint density at radius 1 is 1.00 bits per heavy atom. The van der Waals surface area contributed by atoms with E-state index >= 15 is 0 Å². The molecule has 1 atom stereocenters. The van der Waals surface area contributed by atoms with Crippen molar-refractivity contribution in [3.63, 3.8) is 0 Å². The molecule has 26 heavy (non-hydrogen) atoms. The molecule has 3 heteroatoms. The van der Waals surface area contributed by atoms with Crippen LogP contribution in [0.1, 0.15) is 55.9 Å². The minimum atomic E-state index is -0.363. The Hall–Kier alpha value is -2.39. The van der Waals surface area contributed by atoms with Gasteiger partial charge in [-0.3, -0.25) is 0 Å². The monoisotopic (exact) mass is 352 g/mol. The fraction of sp³-hybridized carbons (Fsp3) is 0.348. The molecular weight excluding hydrogens is 324 g/mol. The lowest BCUT2D eigenvalue weighted by atomic mass is 10.0. The number of benzene rings is 2. The highest BCUT2D eigenvalue weighted by Gasteiger charge is 2.18. The van der Waals surface area contributed by atoms with Crippen molar-refractivity contribution in [1.29, 1.82) is 0 Å². The summed E-state index contributed by atoms with van der Waals surface area (Å²) in [6.07, 6.45) is 0.172. The number of carbonyl (C=O) groups is 1. The Labute approximate surface area is 156 Å². The first-order chi connectivity index (χ1) is 12.5. The number of hydrogen-bond donors (Lipinski definition) is 0. The van der Waals surface area contributed by atoms with Gasteiger partial charge >= 0.3 is 5.97 Å². The maximum atomic E-state index is 11.9. The van der Waals surface area contributed by atoms with E-state index in [0.29, 0.717) is 31.1 Å². The van der Waals surface area contributed by atoms with Crippen LogP contribution in [-0.2, 0) is 20.9 Å². The third-order valence-corrected chi connectivity index (χ3v) is 4.26. The Morgan fingerprint density at radius 3 is 2.23 bits per heavy atom. The molecule has 0 fully saturated rings. The molecule has 0 spiro atoms. The minimum Gasteiger partial charge on any atom is -0.463 e. The first kappa shape index (κ1) is 19.9. The highest BCUT2D eigenvalue weighted by Crippen LogP contribution is 2.26. The number of hydrogen-bond acceptors (Lipinski definition) is 3. The fourth-order valence-electron chi connectivity index (χ4n) is 2.68. The van der Waals surface area contributed by atoms with Gasteiger partial charge in [0.05, 0.1) is 19.3 Å². The molecule has 138 valence electrons. The van der Waals surface area contributed by atoms with Crippen molar-refractivity contribution in [3.8, 4) is 0 Å². The third kappa shape index (κ3) is 5.85. The average molecular weight is 352 g/mol. The van der Waals surface area contributed by atoms with E-state index in [0.717, 1.165) is 11.1 Å². The molecule has 1 unspecified atom stereocenters. The normalized spacial score (nSPS) is 12.0. The molecule has 0 N–H and O–H groups in total. The van der Waals surface area contributed by atoms with Crippen molar-refractivity contribution in [2.75, 3.05) is 6.61 Å². The second-order valence-electron chi connectivity index (χ2n) is 6.63. The van der Waals surface area contributed by atoms with Crippen LogP contribution >= 0.6 is 0 Å². The van der Waals surface area contributed by atoms with E-state index in [1.54, 1.807) is 6.92 Å². The van der Waals surface area contributed by atoms with E-state index < -0.39 is 0 Å². The van der Waals surface area contributed by atoms with E-state index in [1.807, 2.05) is 30.3 Å². The molecule has 0 aromatic heterocycles. The first-order valence-electron chi connectivity index (χ1n) is 9.11. The summed E-state index contributed by atoms with van der Waals surface area (Å²) in [5.41, 5.74) is 3.87. The SMILES string of the molecule is C=C(CC(OCc1ccc(C(C)C)cc1)c1ccccc1)C(=O)OCC. The molecule has 2 aromatic carbocycles. The second-order valence-corrected chi connectivity index (χ2v) is 6.63. The molecule has 0 aliphatic carbocycles. The quantitative estimate of drug-likeness (QED) is 0.437. The largest absolute Gasteiger partial charge is 0.463 e.